The molecular weight excluding hydrogens is 408 g/mol. The van der Waals surface area contributed by atoms with Gasteiger partial charge >= 0.3 is 0 Å². The minimum Gasteiger partial charge on any atom is -0.492 e. The number of rotatable bonds is 7. The van der Waals surface area contributed by atoms with E-state index in [9.17, 15) is 13.2 Å². The van der Waals surface area contributed by atoms with Crippen LogP contribution >= 0.6 is 15.9 Å². The van der Waals surface area contributed by atoms with Crippen LogP contribution in [0.4, 0.5) is 5.69 Å². The van der Waals surface area contributed by atoms with Crippen LogP contribution in [0.25, 0.3) is 0 Å². The molecule has 0 saturated heterocycles. The Morgan fingerprint density at radius 2 is 1.88 bits per heavy atom. The lowest BCUT2D eigenvalue weighted by Crippen LogP contribution is -2.14. The molecule has 134 valence electrons. The fourth-order valence-corrected chi connectivity index (χ4v) is 3.03. The summed E-state index contributed by atoms with van der Waals surface area (Å²) >= 11 is 3.40. The Kier molecular flexibility index (Phi) is 6.57. The van der Waals surface area contributed by atoms with Gasteiger partial charge in [0.15, 0.2) is 0 Å². The Morgan fingerprint density at radius 1 is 1.20 bits per heavy atom. The van der Waals surface area contributed by atoms with Crippen LogP contribution in [0, 0.1) is 0 Å². The highest BCUT2D eigenvalue weighted by atomic mass is 79.9. The van der Waals surface area contributed by atoms with Gasteiger partial charge < -0.3 is 10.1 Å². The van der Waals surface area contributed by atoms with Crippen molar-refractivity contribution < 1.29 is 17.9 Å². The fourth-order valence-electron chi connectivity index (χ4n) is 2.02. The summed E-state index contributed by atoms with van der Waals surface area (Å²) in [5.41, 5.74) is 0.919. The lowest BCUT2D eigenvalue weighted by Gasteiger charge is -2.10. The van der Waals surface area contributed by atoms with Crippen molar-refractivity contribution in [2.75, 3.05) is 11.9 Å². The first kappa shape index (κ1) is 19.4. The van der Waals surface area contributed by atoms with Gasteiger partial charge in [-0.15, -0.1) is 0 Å². The third-order valence-corrected chi connectivity index (χ3v) is 4.94. The molecule has 0 fully saturated rings. The minimum atomic E-state index is -3.75. The van der Waals surface area contributed by atoms with E-state index in [1.165, 1.54) is 24.3 Å². The molecule has 0 radical (unpaired) electrons. The number of carbonyl (C=O) groups excluding carboxylic acids is 1. The monoisotopic (exact) mass is 426 g/mol. The zero-order chi connectivity index (χ0) is 18.4. The molecule has 25 heavy (non-hydrogen) atoms. The summed E-state index contributed by atoms with van der Waals surface area (Å²) in [6, 6.07) is 10.7. The number of primary sulfonamides is 1. The molecule has 8 heteroatoms. The molecule has 0 unspecified atom stereocenters. The number of hydrogen-bond donors (Lipinski definition) is 2. The number of ether oxygens (including phenoxy) is 1. The highest BCUT2D eigenvalue weighted by Gasteiger charge is 2.11. The molecule has 0 aliphatic rings. The van der Waals surface area contributed by atoms with Crippen LogP contribution in [-0.2, 0) is 10.0 Å². The van der Waals surface area contributed by atoms with Gasteiger partial charge in [-0.1, -0.05) is 13.3 Å². The molecule has 0 spiro atoms. The van der Waals surface area contributed by atoms with E-state index >= 15 is 0 Å². The highest BCUT2D eigenvalue weighted by Crippen LogP contribution is 2.26. The minimum absolute atomic E-state index is 0.0122. The van der Waals surface area contributed by atoms with Gasteiger partial charge in [0, 0.05) is 11.3 Å². The van der Waals surface area contributed by atoms with Crippen LogP contribution in [0.5, 0.6) is 5.75 Å². The number of amides is 1. The molecule has 0 aliphatic carbocycles. The quantitative estimate of drug-likeness (QED) is 0.661. The van der Waals surface area contributed by atoms with Crippen molar-refractivity contribution in [3.05, 3.63) is 52.5 Å². The SMILES string of the molecule is CCCCOc1ccc(C(=O)Nc2ccc(S(N)(=O)=O)cc2)cc1Br. The van der Waals surface area contributed by atoms with Gasteiger partial charge in [-0.05, 0) is 64.8 Å². The summed E-state index contributed by atoms with van der Waals surface area (Å²) in [6.45, 7) is 2.71. The summed E-state index contributed by atoms with van der Waals surface area (Å²) in [7, 11) is -3.75. The van der Waals surface area contributed by atoms with Gasteiger partial charge in [0.2, 0.25) is 10.0 Å². The molecule has 0 saturated carbocycles. The molecule has 0 atom stereocenters. The van der Waals surface area contributed by atoms with Crippen molar-refractivity contribution in [3.8, 4) is 5.75 Å². The van der Waals surface area contributed by atoms with Gasteiger partial charge in [0.1, 0.15) is 5.75 Å². The number of nitrogens with one attached hydrogen (secondary N) is 1. The van der Waals surface area contributed by atoms with E-state index in [1.54, 1.807) is 18.2 Å². The second kappa shape index (κ2) is 8.46. The summed E-state index contributed by atoms with van der Waals surface area (Å²) in [5, 5.41) is 7.74. The van der Waals surface area contributed by atoms with E-state index in [1.807, 2.05) is 0 Å². The van der Waals surface area contributed by atoms with Crippen molar-refractivity contribution >= 4 is 37.5 Å². The number of hydrogen-bond acceptors (Lipinski definition) is 4. The molecule has 0 bridgehead atoms. The number of nitrogens with two attached hydrogens (primary N) is 1. The largest absolute Gasteiger partial charge is 0.492 e. The number of benzene rings is 2. The van der Waals surface area contributed by atoms with Crippen LogP contribution < -0.4 is 15.2 Å². The summed E-state index contributed by atoms with van der Waals surface area (Å²) in [6.07, 6.45) is 2.01. The first-order valence-electron chi connectivity index (χ1n) is 7.68. The van der Waals surface area contributed by atoms with Crippen LogP contribution in [-0.4, -0.2) is 20.9 Å². The van der Waals surface area contributed by atoms with Gasteiger partial charge in [-0.3, -0.25) is 4.79 Å². The molecule has 0 heterocycles. The number of sulfonamides is 1. The predicted octanol–water partition coefficient (Wildman–Crippen LogP) is 3.53. The van der Waals surface area contributed by atoms with Gasteiger partial charge in [-0.2, -0.15) is 0 Å². The molecule has 2 aromatic carbocycles. The maximum absolute atomic E-state index is 12.3. The number of carbonyl (C=O) groups is 1. The van der Waals surface area contributed by atoms with Gasteiger partial charge in [-0.25, -0.2) is 13.6 Å². The Balaban J connectivity index is 2.06. The molecule has 0 aromatic heterocycles. The summed E-state index contributed by atoms with van der Waals surface area (Å²) in [5.74, 6) is 0.367. The van der Waals surface area contributed by atoms with E-state index in [4.69, 9.17) is 9.88 Å². The van der Waals surface area contributed by atoms with Crippen LogP contribution in [0.3, 0.4) is 0 Å². The molecule has 3 N–H and O–H groups in total. The van der Waals surface area contributed by atoms with E-state index < -0.39 is 10.0 Å². The van der Waals surface area contributed by atoms with E-state index in [0.29, 0.717) is 28.1 Å². The second-order valence-electron chi connectivity index (χ2n) is 5.37. The van der Waals surface area contributed by atoms with Crippen molar-refractivity contribution in [1.29, 1.82) is 0 Å². The highest BCUT2D eigenvalue weighted by molar-refractivity contribution is 9.10. The number of unbranched alkanes of at least 4 members (excludes halogenated alkanes) is 1. The first-order valence-corrected chi connectivity index (χ1v) is 10.0. The molecule has 6 nitrogen and oxygen atoms in total. The molecule has 1 amide bonds. The predicted molar refractivity (Wildman–Crippen MR) is 100 cm³/mol. The lowest BCUT2D eigenvalue weighted by molar-refractivity contribution is 0.102. The molecule has 0 aliphatic heterocycles. The van der Waals surface area contributed by atoms with E-state index in [2.05, 4.69) is 28.2 Å². The molecule has 2 rings (SSSR count). The third-order valence-electron chi connectivity index (χ3n) is 3.39. The van der Waals surface area contributed by atoms with Crippen LogP contribution in [0.1, 0.15) is 30.1 Å². The average molecular weight is 427 g/mol. The Hall–Kier alpha value is -1.90. The standard InChI is InChI=1S/C17H19BrN2O4S/c1-2-3-10-24-16-9-4-12(11-15(16)18)17(21)20-13-5-7-14(8-6-13)25(19,22)23/h4-9,11H,2-3,10H2,1H3,(H,20,21)(H2,19,22,23). The average Bonchev–Trinajstić information content (AvgIpc) is 2.56. The van der Waals surface area contributed by atoms with Crippen LogP contribution in [0.15, 0.2) is 51.8 Å². The molecular formula is C17H19BrN2O4S. The number of halogens is 1. The van der Waals surface area contributed by atoms with Crippen molar-refractivity contribution in [2.24, 2.45) is 5.14 Å². The summed E-state index contributed by atoms with van der Waals surface area (Å²) in [4.78, 5) is 12.3. The maximum atomic E-state index is 12.3. The van der Waals surface area contributed by atoms with Gasteiger partial charge in [0.25, 0.3) is 5.91 Å². The van der Waals surface area contributed by atoms with Crippen molar-refractivity contribution in [1.82, 2.24) is 0 Å². The smallest absolute Gasteiger partial charge is 0.255 e. The van der Waals surface area contributed by atoms with Gasteiger partial charge in [0.05, 0.1) is 16.0 Å². The summed E-state index contributed by atoms with van der Waals surface area (Å²) < 4.78 is 28.8. The molecule has 2 aromatic rings. The number of anilines is 1. The lowest BCUT2D eigenvalue weighted by atomic mass is 10.2. The van der Waals surface area contributed by atoms with E-state index in [-0.39, 0.29) is 10.8 Å². The third kappa shape index (κ3) is 5.55. The Labute approximate surface area is 155 Å². The second-order valence-corrected chi connectivity index (χ2v) is 7.79. The van der Waals surface area contributed by atoms with E-state index in [0.717, 1.165) is 12.8 Å². The normalized spacial score (nSPS) is 11.2. The van der Waals surface area contributed by atoms with Crippen molar-refractivity contribution in [3.63, 3.8) is 0 Å². The van der Waals surface area contributed by atoms with Crippen LogP contribution in [0.2, 0.25) is 0 Å². The zero-order valence-corrected chi connectivity index (χ0v) is 16.1. The fraction of sp³-hybridized carbons (Fsp3) is 0.235. The Morgan fingerprint density at radius 3 is 2.44 bits per heavy atom. The maximum Gasteiger partial charge on any atom is 0.255 e. The topological polar surface area (TPSA) is 98.5 Å². The zero-order valence-electron chi connectivity index (χ0n) is 13.7. The Bertz CT molecular complexity index is 851. The first-order chi connectivity index (χ1) is 11.8. The van der Waals surface area contributed by atoms with Crippen molar-refractivity contribution in [2.45, 2.75) is 24.7 Å².